The maximum atomic E-state index is 9.46. The first-order valence-electron chi connectivity index (χ1n) is 6.29. The fourth-order valence-electron chi connectivity index (χ4n) is 2.71. The van der Waals surface area contributed by atoms with Gasteiger partial charge in [-0.3, -0.25) is 4.90 Å². The number of benzene rings is 1. The lowest BCUT2D eigenvalue weighted by Gasteiger charge is -2.51. The van der Waals surface area contributed by atoms with E-state index in [1.165, 1.54) is 0 Å². The van der Waals surface area contributed by atoms with Gasteiger partial charge in [-0.15, -0.1) is 0 Å². The van der Waals surface area contributed by atoms with Crippen molar-refractivity contribution in [3.8, 4) is 0 Å². The van der Waals surface area contributed by atoms with Crippen molar-refractivity contribution in [3.05, 3.63) is 29.3 Å². The topological polar surface area (TPSA) is 26.7 Å². The number of aliphatic hydroxyl groups excluding tert-OH is 1. The van der Waals surface area contributed by atoms with Gasteiger partial charge in [0.25, 0.3) is 0 Å². The molecular weight excluding hydrogens is 248 g/mol. The highest BCUT2D eigenvalue weighted by Gasteiger charge is 2.37. The molecule has 1 unspecified atom stereocenters. The van der Waals surface area contributed by atoms with E-state index in [1.54, 1.807) is 0 Å². The minimum atomic E-state index is 0.00537. The van der Waals surface area contributed by atoms with Crippen molar-refractivity contribution in [1.82, 2.24) is 4.90 Å². The maximum absolute atomic E-state index is 9.46. The Hall–Kier alpha value is -0.770. The summed E-state index contributed by atoms with van der Waals surface area (Å²) in [6, 6.07) is 8.07. The van der Waals surface area contributed by atoms with E-state index in [0.717, 1.165) is 23.8 Å². The number of aliphatic hydroxyl groups is 1. The Bertz CT molecular complexity index is 422. The van der Waals surface area contributed by atoms with Crippen LogP contribution in [-0.2, 0) is 0 Å². The van der Waals surface area contributed by atoms with Gasteiger partial charge in [-0.05, 0) is 33.0 Å². The second kappa shape index (κ2) is 5.08. The van der Waals surface area contributed by atoms with E-state index in [9.17, 15) is 5.11 Å². The van der Waals surface area contributed by atoms with Gasteiger partial charge in [0.15, 0.2) is 0 Å². The summed E-state index contributed by atoms with van der Waals surface area (Å²) in [5.74, 6) is 0. The van der Waals surface area contributed by atoms with Crippen molar-refractivity contribution in [1.29, 1.82) is 0 Å². The zero-order chi connectivity index (χ0) is 13.3. The van der Waals surface area contributed by atoms with Crippen molar-refractivity contribution in [2.75, 3.05) is 31.6 Å². The summed E-state index contributed by atoms with van der Waals surface area (Å²) >= 11 is 6.29. The molecule has 1 N–H and O–H groups in total. The average Bonchev–Trinajstić information content (AvgIpc) is 2.30. The fraction of sp³-hybridized carbons (Fsp3) is 0.571. The summed E-state index contributed by atoms with van der Waals surface area (Å²) in [6.07, 6.45) is 0. The molecule has 18 heavy (non-hydrogen) atoms. The molecule has 1 aromatic rings. The monoisotopic (exact) mass is 268 g/mol. The Labute approximate surface area is 114 Å². The number of rotatable bonds is 2. The Morgan fingerprint density at radius 3 is 2.67 bits per heavy atom. The second-order valence-corrected chi connectivity index (χ2v) is 6.03. The third kappa shape index (κ3) is 2.48. The van der Waals surface area contributed by atoms with E-state index in [2.05, 4.69) is 30.7 Å². The van der Waals surface area contributed by atoms with E-state index in [0.29, 0.717) is 0 Å². The number of hydrogen-bond donors (Lipinski definition) is 1. The summed E-state index contributed by atoms with van der Waals surface area (Å²) in [5, 5.41) is 10.2. The molecule has 1 atom stereocenters. The highest BCUT2D eigenvalue weighted by atomic mass is 35.5. The number of piperazine rings is 1. The first-order chi connectivity index (χ1) is 8.45. The van der Waals surface area contributed by atoms with Crippen LogP contribution in [0.2, 0.25) is 5.02 Å². The normalized spacial score (nSPS) is 24.3. The molecule has 0 bridgehead atoms. The quantitative estimate of drug-likeness (QED) is 0.891. The Morgan fingerprint density at radius 2 is 2.06 bits per heavy atom. The van der Waals surface area contributed by atoms with Gasteiger partial charge in [-0.1, -0.05) is 23.7 Å². The molecule has 1 heterocycles. The van der Waals surface area contributed by atoms with E-state index >= 15 is 0 Å². The lowest BCUT2D eigenvalue weighted by Crippen LogP contribution is -2.63. The zero-order valence-corrected chi connectivity index (χ0v) is 12.0. The van der Waals surface area contributed by atoms with E-state index in [-0.39, 0.29) is 18.2 Å². The van der Waals surface area contributed by atoms with Crippen LogP contribution in [0.5, 0.6) is 0 Å². The maximum Gasteiger partial charge on any atom is 0.0639 e. The van der Waals surface area contributed by atoms with Gasteiger partial charge in [-0.2, -0.15) is 0 Å². The zero-order valence-electron chi connectivity index (χ0n) is 11.2. The molecular formula is C14H21ClN2O. The lowest BCUT2D eigenvalue weighted by molar-refractivity contribution is 0.0981. The van der Waals surface area contributed by atoms with Crippen LogP contribution in [0.25, 0.3) is 0 Å². The Balaban J connectivity index is 2.33. The van der Waals surface area contributed by atoms with Crippen LogP contribution >= 0.6 is 11.6 Å². The van der Waals surface area contributed by atoms with E-state index in [1.807, 2.05) is 24.3 Å². The summed E-state index contributed by atoms with van der Waals surface area (Å²) in [5.41, 5.74) is 1.06. The number of anilines is 1. The van der Waals surface area contributed by atoms with Crippen LogP contribution in [0, 0.1) is 0 Å². The van der Waals surface area contributed by atoms with Gasteiger partial charge < -0.3 is 10.0 Å². The number of likely N-dealkylation sites (N-methyl/N-ethyl adjacent to an activating group) is 1. The van der Waals surface area contributed by atoms with Gasteiger partial charge in [0.1, 0.15) is 0 Å². The lowest BCUT2D eigenvalue weighted by atomic mass is 9.95. The SMILES string of the molecule is CN1CC(C)(C)N(c2ccccc2Cl)CC1CO. The molecule has 4 heteroatoms. The van der Waals surface area contributed by atoms with Gasteiger partial charge in [0, 0.05) is 18.6 Å². The molecule has 2 rings (SSSR count). The summed E-state index contributed by atoms with van der Waals surface area (Å²) in [7, 11) is 2.06. The first-order valence-corrected chi connectivity index (χ1v) is 6.67. The highest BCUT2D eigenvalue weighted by Crippen LogP contribution is 2.34. The molecule has 3 nitrogen and oxygen atoms in total. The molecule has 0 amide bonds. The molecule has 1 saturated heterocycles. The van der Waals surface area contributed by atoms with Crippen LogP contribution < -0.4 is 4.90 Å². The van der Waals surface area contributed by atoms with Crippen LogP contribution in [0.4, 0.5) is 5.69 Å². The minimum Gasteiger partial charge on any atom is -0.395 e. The van der Waals surface area contributed by atoms with Gasteiger partial charge in [0.05, 0.1) is 23.4 Å². The van der Waals surface area contributed by atoms with Gasteiger partial charge in [-0.25, -0.2) is 0 Å². The largest absolute Gasteiger partial charge is 0.395 e. The van der Waals surface area contributed by atoms with Crippen LogP contribution in [0.15, 0.2) is 24.3 Å². The minimum absolute atomic E-state index is 0.00537. The summed E-state index contributed by atoms with van der Waals surface area (Å²) in [6.45, 7) is 6.29. The number of para-hydroxylation sites is 1. The van der Waals surface area contributed by atoms with Crippen molar-refractivity contribution >= 4 is 17.3 Å². The van der Waals surface area contributed by atoms with Crippen LogP contribution in [0.3, 0.4) is 0 Å². The highest BCUT2D eigenvalue weighted by molar-refractivity contribution is 6.33. The van der Waals surface area contributed by atoms with Gasteiger partial charge >= 0.3 is 0 Å². The fourth-order valence-corrected chi connectivity index (χ4v) is 2.95. The van der Waals surface area contributed by atoms with E-state index in [4.69, 9.17) is 11.6 Å². The number of hydrogen-bond acceptors (Lipinski definition) is 3. The third-order valence-corrected chi connectivity index (χ3v) is 4.06. The molecule has 1 aromatic carbocycles. The predicted octanol–water partition coefficient (Wildman–Crippen LogP) is 2.23. The second-order valence-electron chi connectivity index (χ2n) is 5.63. The molecule has 0 radical (unpaired) electrons. The van der Waals surface area contributed by atoms with Crippen LogP contribution in [-0.4, -0.2) is 48.3 Å². The van der Waals surface area contributed by atoms with Crippen molar-refractivity contribution in [3.63, 3.8) is 0 Å². The van der Waals surface area contributed by atoms with Crippen molar-refractivity contribution in [2.45, 2.75) is 25.4 Å². The predicted molar refractivity (Wildman–Crippen MR) is 76.4 cm³/mol. The molecule has 1 fully saturated rings. The Morgan fingerprint density at radius 1 is 1.39 bits per heavy atom. The molecule has 1 aliphatic rings. The number of halogens is 1. The Kier molecular flexibility index (Phi) is 3.85. The van der Waals surface area contributed by atoms with E-state index < -0.39 is 0 Å². The molecule has 0 aliphatic carbocycles. The number of nitrogens with zero attached hydrogens (tertiary/aromatic N) is 2. The van der Waals surface area contributed by atoms with Crippen LogP contribution in [0.1, 0.15) is 13.8 Å². The molecule has 100 valence electrons. The molecule has 1 aliphatic heterocycles. The smallest absolute Gasteiger partial charge is 0.0639 e. The van der Waals surface area contributed by atoms with Gasteiger partial charge in [0.2, 0.25) is 0 Å². The molecule has 0 spiro atoms. The molecule has 0 saturated carbocycles. The standard InChI is InChI=1S/C14H21ClN2O/c1-14(2)10-16(3)11(9-18)8-17(14)13-7-5-4-6-12(13)15/h4-7,11,18H,8-10H2,1-3H3. The van der Waals surface area contributed by atoms with Crippen molar-refractivity contribution < 1.29 is 5.11 Å². The molecule has 0 aromatic heterocycles. The summed E-state index contributed by atoms with van der Waals surface area (Å²) in [4.78, 5) is 4.52. The summed E-state index contributed by atoms with van der Waals surface area (Å²) < 4.78 is 0. The third-order valence-electron chi connectivity index (χ3n) is 3.74. The van der Waals surface area contributed by atoms with Crippen molar-refractivity contribution in [2.24, 2.45) is 0 Å². The first kappa shape index (κ1) is 13.7. The average molecular weight is 269 g/mol.